The number of hydrogen-bond donors (Lipinski definition) is 1. The Morgan fingerprint density at radius 1 is 1.21 bits per heavy atom. The number of amides is 1. The molecule has 1 unspecified atom stereocenters. The number of aryl methyl sites for hydroxylation is 1. The van der Waals surface area contributed by atoms with Crippen molar-refractivity contribution >= 4 is 11.5 Å². The van der Waals surface area contributed by atoms with E-state index in [2.05, 4.69) is 5.10 Å². The summed E-state index contributed by atoms with van der Waals surface area (Å²) >= 11 is 0. The molecule has 1 aliphatic carbocycles. The lowest BCUT2D eigenvalue weighted by Gasteiger charge is -2.30. The zero-order chi connectivity index (χ0) is 20.7. The van der Waals surface area contributed by atoms with Gasteiger partial charge in [0.1, 0.15) is 11.9 Å². The lowest BCUT2D eigenvalue weighted by Crippen LogP contribution is -2.48. The van der Waals surface area contributed by atoms with E-state index in [1.807, 2.05) is 5.32 Å². The van der Waals surface area contributed by atoms with Crippen molar-refractivity contribution in [1.82, 2.24) is 15.1 Å². The lowest BCUT2D eigenvalue weighted by molar-refractivity contribution is -0.141. The number of rotatable bonds is 3. The van der Waals surface area contributed by atoms with E-state index >= 15 is 0 Å². The van der Waals surface area contributed by atoms with Gasteiger partial charge in [0.15, 0.2) is 5.69 Å². The number of benzene rings is 1. The molecule has 1 aliphatic rings. The van der Waals surface area contributed by atoms with Gasteiger partial charge in [-0.25, -0.2) is 4.39 Å². The Morgan fingerprint density at radius 2 is 1.86 bits per heavy atom. The molecule has 0 radical (unpaired) electrons. The molecule has 1 N–H and O–H groups in total. The fourth-order valence-electron chi connectivity index (χ4n) is 2.83. The van der Waals surface area contributed by atoms with Crippen molar-refractivity contribution in [3.63, 3.8) is 0 Å². The van der Waals surface area contributed by atoms with Crippen molar-refractivity contribution in [2.75, 3.05) is 0 Å². The second-order valence-corrected chi connectivity index (χ2v) is 6.13. The van der Waals surface area contributed by atoms with Crippen molar-refractivity contribution < 1.29 is 31.1 Å². The number of alkyl halides is 5. The normalized spacial score (nSPS) is 18.7. The second-order valence-electron chi connectivity index (χ2n) is 6.13. The van der Waals surface area contributed by atoms with Crippen LogP contribution in [-0.2, 0) is 13.2 Å². The number of carbonyl (C=O) groups is 1. The van der Waals surface area contributed by atoms with Crippen LogP contribution in [0.3, 0.4) is 0 Å². The number of nitrogens with one attached hydrogen (secondary N) is 1. The summed E-state index contributed by atoms with van der Waals surface area (Å²) in [6.07, 6.45) is -1.26. The van der Waals surface area contributed by atoms with Gasteiger partial charge in [-0.15, -0.1) is 0 Å². The molecule has 28 heavy (non-hydrogen) atoms. The molecule has 1 heterocycles. The summed E-state index contributed by atoms with van der Waals surface area (Å²) in [5.74, 6) is -5.52. The van der Waals surface area contributed by atoms with E-state index in [4.69, 9.17) is 0 Å². The van der Waals surface area contributed by atoms with Crippen LogP contribution in [0.2, 0.25) is 0 Å². The Hall–Kier alpha value is -3.04. The molecule has 2 aromatic rings. The minimum atomic E-state index is -4.93. The molecule has 1 amide bonds. The maximum absolute atomic E-state index is 14.4. The van der Waals surface area contributed by atoms with Gasteiger partial charge < -0.3 is 5.32 Å². The molecule has 0 saturated heterocycles. The summed E-state index contributed by atoms with van der Waals surface area (Å²) in [5.41, 5.74) is -2.23. The number of halogens is 6. The van der Waals surface area contributed by atoms with Crippen LogP contribution >= 0.6 is 0 Å². The number of aromatic nitrogens is 2. The molecule has 0 aliphatic heterocycles. The van der Waals surface area contributed by atoms with Gasteiger partial charge in [-0.2, -0.15) is 27.1 Å². The van der Waals surface area contributed by atoms with E-state index in [9.17, 15) is 31.1 Å². The van der Waals surface area contributed by atoms with Crippen molar-refractivity contribution in [3.8, 4) is 0 Å². The Balaban J connectivity index is 1.97. The fourth-order valence-corrected chi connectivity index (χ4v) is 2.83. The molecule has 148 valence electrons. The first-order valence-corrected chi connectivity index (χ1v) is 7.94. The second kappa shape index (κ2) is 6.84. The quantitative estimate of drug-likeness (QED) is 0.792. The van der Waals surface area contributed by atoms with Gasteiger partial charge in [0, 0.05) is 13.2 Å². The molecular formula is C18H13F6N3O. The molecule has 0 saturated carbocycles. The van der Waals surface area contributed by atoms with Crippen molar-refractivity contribution in [2.45, 2.75) is 18.1 Å². The van der Waals surface area contributed by atoms with Crippen LogP contribution in [0.4, 0.5) is 26.3 Å². The van der Waals surface area contributed by atoms with Crippen LogP contribution in [0.1, 0.15) is 21.6 Å². The SMILES string of the molecule is Cn1cc(C(=O)NC2C(c3ccc(F)cc3)=CC=CC2(F)F)c(C(F)(F)F)n1. The van der Waals surface area contributed by atoms with Gasteiger partial charge in [0.2, 0.25) is 0 Å². The summed E-state index contributed by atoms with van der Waals surface area (Å²) in [6, 6.07) is 2.63. The Kier molecular flexibility index (Phi) is 4.82. The highest BCUT2D eigenvalue weighted by atomic mass is 19.4. The Morgan fingerprint density at radius 3 is 2.46 bits per heavy atom. The highest BCUT2D eigenvalue weighted by molar-refractivity contribution is 5.97. The number of allylic oxidation sites excluding steroid dienone is 2. The molecule has 0 bridgehead atoms. The number of carbonyl (C=O) groups excluding carboxylic acids is 1. The van der Waals surface area contributed by atoms with E-state index in [1.165, 1.54) is 25.3 Å². The minimum Gasteiger partial charge on any atom is -0.339 e. The number of hydrogen-bond acceptors (Lipinski definition) is 2. The third-order valence-electron chi connectivity index (χ3n) is 4.09. The smallest absolute Gasteiger partial charge is 0.339 e. The number of nitrogens with zero attached hydrogens (tertiary/aromatic N) is 2. The van der Waals surface area contributed by atoms with E-state index in [0.717, 1.165) is 29.1 Å². The van der Waals surface area contributed by atoms with Crippen LogP contribution in [0, 0.1) is 5.82 Å². The van der Waals surface area contributed by atoms with Crippen molar-refractivity contribution in [2.24, 2.45) is 7.05 Å². The summed E-state index contributed by atoms with van der Waals surface area (Å²) in [6.45, 7) is 0. The highest BCUT2D eigenvalue weighted by Gasteiger charge is 2.44. The van der Waals surface area contributed by atoms with Gasteiger partial charge >= 0.3 is 6.18 Å². The summed E-state index contributed by atoms with van der Waals surface area (Å²) in [5, 5.41) is 5.15. The highest BCUT2D eigenvalue weighted by Crippen LogP contribution is 2.36. The molecule has 4 nitrogen and oxygen atoms in total. The van der Waals surface area contributed by atoms with E-state index in [1.54, 1.807) is 0 Å². The molecule has 1 aromatic carbocycles. The van der Waals surface area contributed by atoms with Gasteiger partial charge in [-0.05, 0) is 29.3 Å². The maximum Gasteiger partial charge on any atom is 0.435 e. The van der Waals surface area contributed by atoms with E-state index < -0.39 is 41.1 Å². The molecular weight excluding hydrogens is 388 g/mol. The Bertz CT molecular complexity index is 957. The molecule has 1 aromatic heterocycles. The van der Waals surface area contributed by atoms with Crippen molar-refractivity contribution in [3.05, 3.63) is 71.3 Å². The molecule has 0 spiro atoms. The first-order valence-electron chi connectivity index (χ1n) is 7.94. The molecule has 0 fully saturated rings. The average Bonchev–Trinajstić information content (AvgIpc) is 2.99. The van der Waals surface area contributed by atoms with Crippen LogP contribution < -0.4 is 5.32 Å². The maximum atomic E-state index is 14.4. The third kappa shape index (κ3) is 3.80. The van der Waals surface area contributed by atoms with Crippen molar-refractivity contribution in [1.29, 1.82) is 0 Å². The van der Waals surface area contributed by atoms with Crippen LogP contribution in [0.5, 0.6) is 0 Å². The fraction of sp³-hybridized carbons (Fsp3) is 0.222. The molecule has 1 atom stereocenters. The van der Waals surface area contributed by atoms with Crippen LogP contribution in [0.25, 0.3) is 5.57 Å². The predicted molar refractivity (Wildman–Crippen MR) is 87.9 cm³/mol. The summed E-state index contributed by atoms with van der Waals surface area (Å²) < 4.78 is 82.0. The molecule has 10 heteroatoms. The van der Waals surface area contributed by atoms with Crippen LogP contribution in [0.15, 0.2) is 48.7 Å². The average molecular weight is 401 g/mol. The monoisotopic (exact) mass is 401 g/mol. The molecule has 3 rings (SSSR count). The topological polar surface area (TPSA) is 46.9 Å². The van der Waals surface area contributed by atoms with Crippen LogP contribution in [-0.4, -0.2) is 27.7 Å². The van der Waals surface area contributed by atoms with E-state index in [0.29, 0.717) is 6.08 Å². The third-order valence-corrected chi connectivity index (χ3v) is 4.09. The first-order chi connectivity index (χ1) is 13.0. The standard InChI is InChI=1S/C18H13F6N3O/c1-27-9-13(15(26-27)18(22,23)24)16(28)25-14-12(3-2-8-17(14,20)21)10-4-6-11(19)7-5-10/h2-9,14H,1H3,(H,25,28). The minimum absolute atomic E-state index is 0.0710. The first kappa shape index (κ1) is 19.7. The largest absolute Gasteiger partial charge is 0.435 e. The van der Waals surface area contributed by atoms with E-state index in [-0.39, 0.29) is 11.1 Å². The van der Waals surface area contributed by atoms with Gasteiger partial charge in [0.25, 0.3) is 11.8 Å². The summed E-state index contributed by atoms with van der Waals surface area (Å²) in [4.78, 5) is 12.4. The summed E-state index contributed by atoms with van der Waals surface area (Å²) in [7, 11) is 1.17. The van der Waals surface area contributed by atoms with Gasteiger partial charge in [-0.1, -0.05) is 24.3 Å². The van der Waals surface area contributed by atoms with Gasteiger partial charge in [-0.3, -0.25) is 9.48 Å². The lowest BCUT2D eigenvalue weighted by atomic mass is 9.89. The predicted octanol–water partition coefficient (Wildman–Crippen LogP) is 3.97. The zero-order valence-electron chi connectivity index (χ0n) is 14.3. The zero-order valence-corrected chi connectivity index (χ0v) is 14.3. The Labute approximate surface area is 155 Å². The van der Waals surface area contributed by atoms with Gasteiger partial charge in [0.05, 0.1) is 5.56 Å².